The lowest BCUT2D eigenvalue weighted by molar-refractivity contribution is 0.0979. The summed E-state index contributed by atoms with van der Waals surface area (Å²) in [7, 11) is 0. The minimum Gasteiger partial charge on any atom is -0.507 e. The lowest BCUT2D eigenvalue weighted by Crippen LogP contribution is -2.04. The van der Waals surface area contributed by atoms with E-state index in [0.717, 1.165) is 48.8 Å². The minimum atomic E-state index is 0.185. The molecule has 1 rings (SSSR count). The summed E-state index contributed by atoms with van der Waals surface area (Å²) in [5.41, 5.74) is 2.49. The molecule has 1 N–H and O–H groups in total. The van der Waals surface area contributed by atoms with Gasteiger partial charge in [0.15, 0.2) is 5.78 Å². The van der Waals surface area contributed by atoms with E-state index in [1.165, 1.54) is 6.42 Å². The highest BCUT2D eigenvalue weighted by molar-refractivity contribution is 5.96. The number of benzene rings is 1. The average molecular weight is 321 g/mol. The molecule has 0 bridgehead atoms. The molecule has 0 atom stereocenters. The largest absolute Gasteiger partial charge is 0.507 e. The van der Waals surface area contributed by atoms with Gasteiger partial charge in [-0.2, -0.15) is 0 Å². The predicted octanol–water partition coefficient (Wildman–Crippen LogP) is 6.57. The van der Waals surface area contributed by atoms with Crippen LogP contribution in [0.2, 0.25) is 0 Å². The molecule has 0 amide bonds. The zero-order valence-electron chi connectivity index (χ0n) is 16.3. The molecule has 0 unspecified atom stereocenters. The average Bonchev–Trinajstić information content (AvgIpc) is 2.53. The Hall–Kier alpha value is -1.31. The van der Waals surface area contributed by atoms with Gasteiger partial charge in [0.05, 0.1) is 0 Å². The Morgan fingerprint density at radius 1 is 1.00 bits per heavy atom. The van der Waals surface area contributed by atoms with E-state index in [4.69, 9.17) is 1.37 Å². The quantitative estimate of drug-likeness (QED) is 0.391. The van der Waals surface area contributed by atoms with Crippen LogP contribution in [-0.2, 0) is 0 Å². The molecule has 1 aromatic carbocycles. The number of hydrogen-bond acceptors (Lipinski definition) is 2. The van der Waals surface area contributed by atoms with E-state index < -0.39 is 0 Å². The number of ketones is 1. The van der Waals surface area contributed by atoms with Crippen LogP contribution in [0.5, 0.6) is 5.75 Å². The molecule has 0 fully saturated rings. The highest BCUT2D eigenvalue weighted by Crippen LogP contribution is 2.35. The van der Waals surface area contributed by atoms with Crippen molar-refractivity contribution in [1.29, 1.82) is 0 Å². The van der Waals surface area contributed by atoms with Crippen molar-refractivity contribution in [1.82, 2.24) is 0 Å². The molecule has 23 heavy (non-hydrogen) atoms. The third-order valence-corrected chi connectivity index (χ3v) is 4.39. The summed E-state index contributed by atoms with van der Waals surface area (Å²) in [5, 5.41) is 10.4. The number of phenols is 1. The van der Waals surface area contributed by atoms with E-state index in [0.29, 0.717) is 19.1 Å². The lowest BCUT2D eigenvalue weighted by atomic mass is 9.89. The van der Waals surface area contributed by atoms with Crippen molar-refractivity contribution in [3.63, 3.8) is 0 Å². The van der Waals surface area contributed by atoms with E-state index in [1.54, 1.807) is 0 Å². The summed E-state index contributed by atoms with van der Waals surface area (Å²) in [4.78, 5) is 12.5. The molecule has 1 aromatic rings. The fourth-order valence-electron chi connectivity index (χ4n) is 2.86. The van der Waals surface area contributed by atoms with Crippen molar-refractivity contribution in [3.8, 4) is 5.75 Å². The monoisotopic (exact) mass is 320 g/mol. The van der Waals surface area contributed by atoms with E-state index in [1.807, 2.05) is 39.8 Å². The molecule has 0 aliphatic rings. The van der Waals surface area contributed by atoms with Crippen molar-refractivity contribution in [3.05, 3.63) is 28.8 Å². The Balaban J connectivity index is 2.66. The fraction of sp³-hybridized carbons (Fsp3) is 0.667. The van der Waals surface area contributed by atoms with Gasteiger partial charge in [-0.25, -0.2) is 0 Å². The van der Waals surface area contributed by atoms with Gasteiger partial charge in [0.1, 0.15) is 5.75 Å². The normalized spacial score (nSPS) is 12.0. The smallest absolute Gasteiger partial charge is 0.162 e. The number of phenolic OH excluding ortho intramolecular Hbond substituents is 1. The zero-order valence-corrected chi connectivity index (χ0v) is 15.3. The Morgan fingerprint density at radius 2 is 1.52 bits per heavy atom. The molecule has 0 aliphatic carbocycles. The standard InChI is InChI=1S/C21H34O2/c1-6-7-8-9-10-11-12-20(22)17-13-18(15(2)3)21(23)19(14-17)16(4)5/h13-16,23H,6-12H2,1-5H3/i1T. The molecular formula is C21H34O2. The number of unbranched alkanes of at least 4 members (excludes halogenated alkanes) is 5. The summed E-state index contributed by atoms with van der Waals surface area (Å²) in [6, 6.07) is 3.75. The maximum Gasteiger partial charge on any atom is 0.162 e. The maximum absolute atomic E-state index is 12.5. The molecule has 0 saturated heterocycles. The molecule has 0 radical (unpaired) electrons. The van der Waals surface area contributed by atoms with E-state index in [2.05, 4.69) is 0 Å². The number of rotatable bonds is 10. The van der Waals surface area contributed by atoms with Gasteiger partial charge >= 0.3 is 0 Å². The van der Waals surface area contributed by atoms with E-state index >= 15 is 0 Å². The first-order chi connectivity index (χ1) is 11.4. The number of carbonyl (C=O) groups excluding carboxylic acids is 1. The number of carbonyl (C=O) groups is 1. The second-order valence-corrected chi connectivity index (χ2v) is 7.11. The minimum absolute atomic E-state index is 0.185. The Kier molecular flexibility index (Phi) is 7.64. The van der Waals surface area contributed by atoms with E-state index in [-0.39, 0.29) is 17.6 Å². The molecular weight excluding hydrogens is 284 g/mol. The maximum atomic E-state index is 12.5. The zero-order chi connectivity index (χ0) is 18.1. The second kappa shape index (κ2) is 9.75. The van der Waals surface area contributed by atoms with Crippen LogP contribution < -0.4 is 0 Å². The predicted molar refractivity (Wildman–Crippen MR) is 98.6 cm³/mol. The fourth-order valence-corrected chi connectivity index (χ4v) is 2.86. The van der Waals surface area contributed by atoms with Gasteiger partial charge < -0.3 is 5.11 Å². The number of aromatic hydroxyl groups is 1. The van der Waals surface area contributed by atoms with Gasteiger partial charge in [0.25, 0.3) is 0 Å². The van der Waals surface area contributed by atoms with E-state index in [9.17, 15) is 9.90 Å². The van der Waals surface area contributed by atoms with Gasteiger partial charge in [-0.3, -0.25) is 4.79 Å². The van der Waals surface area contributed by atoms with Crippen molar-refractivity contribution < 1.29 is 11.3 Å². The van der Waals surface area contributed by atoms with Crippen LogP contribution in [0.4, 0.5) is 0 Å². The van der Waals surface area contributed by atoms with Gasteiger partial charge in [0.2, 0.25) is 0 Å². The Morgan fingerprint density at radius 3 is 2.04 bits per heavy atom. The van der Waals surface area contributed by atoms with Crippen LogP contribution in [0, 0.1) is 0 Å². The summed E-state index contributed by atoms with van der Waals surface area (Å²) in [6.07, 6.45) is 7.02. The van der Waals surface area contributed by atoms with Crippen molar-refractivity contribution in [2.45, 2.75) is 91.4 Å². The molecule has 0 aromatic heterocycles. The molecule has 130 valence electrons. The third kappa shape index (κ3) is 6.01. The Labute approximate surface area is 143 Å². The first kappa shape index (κ1) is 18.0. The third-order valence-electron chi connectivity index (χ3n) is 4.39. The van der Waals surface area contributed by atoms with Crippen LogP contribution in [0.3, 0.4) is 0 Å². The summed E-state index contributed by atoms with van der Waals surface area (Å²) in [5.74, 6) is 0.940. The SMILES string of the molecule is [3H]CCCCCCCCC(=O)c1cc(C(C)C)c(O)c(C(C)C)c1. The summed E-state index contributed by atoms with van der Waals surface area (Å²) >= 11 is 0. The van der Waals surface area contributed by atoms with Crippen LogP contribution >= 0.6 is 0 Å². The summed E-state index contributed by atoms with van der Waals surface area (Å²) in [6.45, 7) is 8.71. The molecule has 0 aliphatic heterocycles. The lowest BCUT2D eigenvalue weighted by Gasteiger charge is -2.17. The highest BCUT2D eigenvalue weighted by atomic mass is 16.3. The molecule has 0 heterocycles. The molecule has 2 heteroatoms. The topological polar surface area (TPSA) is 37.3 Å². The first-order valence-corrected chi connectivity index (χ1v) is 9.07. The van der Waals surface area contributed by atoms with Crippen LogP contribution in [0.25, 0.3) is 0 Å². The van der Waals surface area contributed by atoms with Gasteiger partial charge in [-0.1, -0.05) is 66.7 Å². The molecule has 0 spiro atoms. The van der Waals surface area contributed by atoms with Crippen molar-refractivity contribution in [2.75, 3.05) is 0 Å². The Bertz CT molecular complexity index is 492. The highest BCUT2D eigenvalue weighted by Gasteiger charge is 2.17. The van der Waals surface area contributed by atoms with Crippen LogP contribution in [0.1, 0.15) is 114 Å². The van der Waals surface area contributed by atoms with Crippen LogP contribution in [0.15, 0.2) is 12.1 Å². The van der Waals surface area contributed by atoms with Crippen LogP contribution in [-0.4, -0.2) is 10.9 Å². The number of Topliss-reactive ketones (excluding diaryl/α,β-unsaturated/α-hetero) is 1. The van der Waals surface area contributed by atoms with Gasteiger partial charge in [0, 0.05) is 13.4 Å². The van der Waals surface area contributed by atoms with Crippen molar-refractivity contribution >= 4 is 5.78 Å². The van der Waals surface area contributed by atoms with Crippen molar-refractivity contribution in [2.24, 2.45) is 0 Å². The molecule has 2 nitrogen and oxygen atoms in total. The van der Waals surface area contributed by atoms with Gasteiger partial charge in [-0.15, -0.1) is 0 Å². The molecule has 0 saturated carbocycles. The number of hydrogen-bond donors (Lipinski definition) is 1. The van der Waals surface area contributed by atoms with Gasteiger partial charge in [-0.05, 0) is 41.5 Å². The first-order valence-electron chi connectivity index (χ1n) is 9.78. The summed E-state index contributed by atoms with van der Waals surface area (Å²) < 4.78 is 7.12. The second-order valence-electron chi connectivity index (χ2n) is 7.11.